The van der Waals surface area contributed by atoms with Gasteiger partial charge >= 0.3 is 0 Å². The molecule has 2 N–H and O–H groups in total. The number of benzene rings is 1. The summed E-state index contributed by atoms with van der Waals surface area (Å²) in [4.78, 5) is 17.9. The Hall–Kier alpha value is -1.92. The van der Waals surface area contributed by atoms with Crippen LogP contribution in [0, 0.1) is 13.8 Å². The zero-order valence-corrected chi connectivity index (χ0v) is 18.0. The highest BCUT2D eigenvalue weighted by atomic mass is 32.1. The quantitative estimate of drug-likeness (QED) is 0.546. The molecule has 5 nitrogen and oxygen atoms in total. The van der Waals surface area contributed by atoms with E-state index in [-0.39, 0.29) is 11.7 Å². The Bertz CT molecular complexity index is 887. The minimum atomic E-state index is -0.0480. The molecular weight excluding hydrogens is 370 g/mol. The molecule has 0 saturated carbocycles. The zero-order valence-electron chi connectivity index (χ0n) is 17.1. The van der Waals surface area contributed by atoms with E-state index in [4.69, 9.17) is 17.0 Å². The molecule has 0 spiro atoms. The normalized spacial score (nSPS) is 16.5. The van der Waals surface area contributed by atoms with Crippen LogP contribution in [0.1, 0.15) is 49.3 Å². The van der Waals surface area contributed by atoms with Crippen LogP contribution >= 0.6 is 12.2 Å². The van der Waals surface area contributed by atoms with Gasteiger partial charge in [0, 0.05) is 25.3 Å². The molecule has 3 rings (SSSR count). The van der Waals surface area contributed by atoms with Gasteiger partial charge in [-0.3, -0.25) is 4.79 Å². The van der Waals surface area contributed by atoms with Crippen LogP contribution in [0.3, 0.4) is 0 Å². The van der Waals surface area contributed by atoms with Crippen molar-refractivity contribution < 1.29 is 4.74 Å². The topological polar surface area (TPSA) is 57.4 Å². The Morgan fingerprint density at radius 3 is 2.89 bits per heavy atom. The van der Waals surface area contributed by atoms with Crippen molar-refractivity contribution in [2.75, 3.05) is 19.7 Å². The fourth-order valence-corrected chi connectivity index (χ4v) is 4.03. The van der Waals surface area contributed by atoms with Crippen LogP contribution in [0.2, 0.25) is 0 Å². The maximum Gasteiger partial charge on any atom is 0.253 e. The van der Waals surface area contributed by atoms with Gasteiger partial charge in [-0.05, 0) is 68.4 Å². The molecule has 6 heteroatoms. The second-order valence-electron chi connectivity index (χ2n) is 7.77. The first-order chi connectivity index (χ1) is 13.5. The monoisotopic (exact) mass is 401 g/mol. The first-order valence-corrected chi connectivity index (χ1v) is 10.7. The average molecular weight is 402 g/mol. The molecular formula is C22H31N3O2S. The lowest BCUT2D eigenvalue weighted by Gasteiger charge is -2.28. The van der Waals surface area contributed by atoms with E-state index in [1.54, 1.807) is 0 Å². The van der Waals surface area contributed by atoms with Gasteiger partial charge in [0.15, 0.2) is 5.11 Å². The number of hydrogen-bond acceptors (Lipinski definition) is 3. The summed E-state index contributed by atoms with van der Waals surface area (Å²) in [7, 11) is 0. The molecule has 152 valence electrons. The first kappa shape index (κ1) is 20.8. The third kappa shape index (κ3) is 5.11. The number of aryl methyl sites for hydroxylation is 2. The van der Waals surface area contributed by atoms with Crippen LogP contribution in [0.4, 0.5) is 0 Å². The van der Waals surface area contributed by atoms with Gasteiger partial charge in [-0.1, -0.05) is 25.0 Å². The maximum absolute atomic E-state index is 12.7. The number of ether oxygens (including phenoxy) is 1. The van der Waals surface area contributed by atoms with Gasteiger partial charge in [0.2, 0.25) is 0 Å². The fourth-order valence-electron chi connectivity index (χ4n) is 3.79. The summed E-state index contributed by atoms with van der Waals surface area (Å²) in [5.41, 5.74) is 3.87. The van der Waals surface area contributed by atoms with Crippen molar-refractivity contribution in [3.05, 3.63) is 45.2 Å². The molecule has 0 unspecified atom stereocenters. The van der Waals surface area contributed by atoms with E-state index in [0.717, 1.165) is 60.9 Å². The number of aromatic amines is 1. The number of aromatic nitrogens is 1. The average Bonchev–Trinajstić information content (AvgIpc) is 3.15. The molecule has 1 aromatic heterocycles. The highest BCUT2D eigenvalue weighted by Crippen LogP contribution is 2.19. The minimum absolute atomic E-state index is 0.0480. The molecule has 0 aliphatic carbocycles. The largest absolute Gasteiger partial charge is 0.376 e. The number of thiocarbonyl (C=S) groups is 1. The van der Waals surface area contributed by atoms with Gasteiger partial charge in [-0.25, -0.2) is 0 Å². The lowest BCUT2D eigenvalue weighted by atomic mass is 10.1. The Kier molecular flexibility index (Phi) is 7.08. The first-order valence-electron chi connectivity index (χ1n) is 10.3. The third-order valence-corrected chi connectivity index (χ3v) is 5.68. The van der Waals surface area contributed by atoms with Crippen LogP contribution in [-0.4, -0.2) is 40.8 Å². The van der Waals surface area contributed by atoms with Crippen LogP contribution in [-0.2, 0) is 11.3 Å². The molecule has 1 aromatic carbocycles. The number of fused-ring (bicyclic) bond motifs is 1. The molecule has 1 aliphatic heterocycles. The van der Waals surface area contributed by atoms with Gasteiger partial charge < -0.3 is 19.9 Å². The summed E-state index contributed by atoms with van der Waals surface area (Å²) < 4.78 is 5.81. The van der Waals surface area contributed by atoms with Crippen molar-refractivity contribution in [3.63, 3.8) is 0 Å². The van der Waals surface area contributed by atoms with Crippen molar-refractivity contribution in [2.24, 2.45) is 0 Å². The molecule has 1 atom stereocenters. The summed E-state index contributed by atoms with van der Waals surface area (Å²) in [6.07, 6.45) is 4.49. The molecule has 2 aromatic rings. The summed E-state index contributed by atoms with van der Waals surface area (Å²) in [5, 5.41) is 5.10. The van der Waals surface area contributed by atoms with Gasteiger partial charge in [0.1, 0.15) is 0 Å². The van der Waals surface area contributed by atoms with E-state index in [1.807, 2.05) is 13.0 Å². The second kappa shape index (κ2) is 9.52. The second-order valence-corrected chi connectivity index (χ2v) is 8.16. The molecule has 28 heavy (non-hydrogen) atoms. The van der Waals surface area contributed by atoms with E-state index in [0.29, 0.717) is 18.2 Å². The molecule has 0 bridgehead atoms. The number of rotatable bonds is 7. The van der Waals surface area contributed by atoms with Gasteiger partial charge in [-0.15, -0.1) is 0 Å². The Labute approximate surface area is 172 Å². The summed E-state index contributed by atoms with van der Waals surface area (Å²) in [6, 6.07) is 6.21. The number of nitrogens with one attached hydrogen (secondary N) is 2. The van der Waals surface area contributed by atoms with Crippen molar-refractivity contribution in [1.29, 1.82) is 0 Å². The summed E-state index contributed by atoms with van der Waals surface area (Å²) in [6.45, 7) is 9.12. The number of nitrogens with zero attached hydrogens (tertiary/aromatic N) is 1. The van der Waals surface area contributed by atoms with Gasteiger partial charge in [-0.2, -0.15) is 0 Å². The minimum Gasteiger partial charge on any atom is -0.376 e. The van der Waals surface area contributed by atoms with E-state index in [2.05, 4.69) is 41.2 Å². The Morgan fingerprint density at radius 2 is 2.18 bits per heavy atom. The lowest BCUT2D eigenvalue weighted by molar-refractivity contribution is 0.0897. The summed E-state index contributed by atoms with van der Waals surface area (Å²) >= 11 is 5.65. The SMILES string of the molecule is CCCCNC(=S)N(Cc1cc2cc(C)cc(C)c2[nH]c1=O)C[C@@H]1CCCO1. The van der Waals surface area contributed by atoms with Gasteiger partial charge in [0.05, 0.1) is 18.2 Å². The number of unbranched alkanes of at least 4 members (excludes halogenated alkanes) is 1. The number of hydrogen-bond donors (Lipinski definition) is 2. The van der Waals surface area contributed by atoms with Crippen LogP contribution in [0.25, 0.3) is 10.9 Å². The Balaban J connectivity index is 1.84. The van der Waals surface area contributed by atoms with E-state index in [1.165, 1.54) is 5.56 Å². The fraction of sp³-hybridized carbons (Fsp3) is 0.545. The van der Waals surface area contributed by atoms with Crippen molar-refractivity contribution in [1.82, 2.24) is 15.2 Å². The summed E-state index contributed by atoms with van der Waals surface area (Å²) in [5.74, 6) is 0. The molecule has 0 radical (unpaired) electrons. The maximum atomic E-state index is 12.7. The lowest BCUT2D eigenvalue weighted by Crippen LogP contribution is -2.44. The molecule has 1 fully saturated rings. The Morgan fingerprint density at radius 1 is 1.36 bits per heavy atom. The van der Waals surface area contributed by atoms with Crippen LogP contribution in [0.15, 0.2) is 23.0 Å². The molecule has 0 amide bonds. The number of H-pyrrole nitrogens is 1. The molecule has 2 heterocycles. The van der Waals surface area contributed by atoms with Crippen molar-refractivity contribution in [3.8, 4) is 0 Å². The highest BCUT2D eigenvalue weighted by Gasteiger charge is 2.22. The van der Waals surface area contributed by atoms with E-state index < -0.39 is 0 Å². The van der Waals surface area contributed by atoms with Crippen molar-refractivity contribution >= 4 is 28.2 Å². The predicted molar refractivity (Wildman–Crippen MR) is 119 cm³/mol. The molecule has 1 aliphatic rings. The van der Waals surface area contributed by atoms with Crippen molar-refractivity contribution in [2.45, 2.75) is 59.1 Å². The van der Waals surface area contributed by atoms with E-state index >= 15 is 0 Å². The zero-order chi connectivity index (χ0) is 20.1. The third-order valence-electron chi connectivity index (χ3n) is 5.27. The van der Waals surface area contributed by atoms with Gasteiger partial charge in [0.25, 0.3) is 5.56 Å². The number of pyridine rings is 1. The van der Waals surface area contributed by atoms with Crippen LogP contribution < -0.4 is 10.9 Å². The highest BCUT2D eigenvalue weighted by molar-refractivity contribution is 7.80. The standard InChI is InChI=1S/C22H31N3O2S/c1-4-5-8-23-22(28)25(14-19-7-6-9-27-19)13-18-12-17-11-15(2)10-16(3)20(17)24-21(18)26/h10-12,19H,4-9,13-14H2,1-3H3,(H,23,28)(H,24,26)/t19-/m0/s1. The van der Waals surface area contributed by atoms with E-state index in [9.17, 15) is 4.79 Å². The smallest absolute Gasteiger partial charge is 0.253 e. The predicted octanol–water partition coefficient (Wildman–Crippen LogP) is 3.80. The molecule has 1 saturated heterocycles. The van der Waals surface area contributed by atoms with Crippen LogP contribution in [0.5, 0.6) is 0 Å².